The van der Waals surface area contributed by atoms with E-state index in [0.717, 1.165) is 40.6 Å². The minimum absolute atomic E-state index is 0.0779. The van der Waals surface area contributed by atoms with E-state index in [1.807, 2.05) is 18.2 Å². The first-order chi connectivity index (χ1) is 17.7. The number of aliphatic hydroxyl groups is 1. The Kier molecular flexibility index (Phi) is 3.52. The Morgan fingerprint density at radius 2 is 2.08 bits per heavy atom. The zero-order valence-electron chi connectivity index (χ0n) is 21.2. The number of benzene rings is 1. The summed E-state index contributed by atoms with van der Waals surface area (Å²) in [4.78, 5) is 12.4. The minimum atomic E-state index is -1.30. The van der Waals surface area contributed by atoms with Crippen LogP contribution in [0.1, 0.15) is 40.0 Å². The van der Waals surface area contributed by atoms with Crippen LogP contribution in [-0.4, -0.2) is 75.1 Å². The van der Waals surface area contributed by atoms with Crippen molar-refractivity contribution in [2.24, 2.45) is 17.3 Å². The van der Waals surface area contributed by atoms with Gasteiger partial charge in [-0.05, 0) is 54.9 Å². The number of carbonyl (C=O) groups excluding carboxylic acids is 1. The van der Waals surface area contributed by atoms with E-state index < -0.39 is 22.4 Å². The molecule has 37 heavy (non-hydrogen) atoms. The summed E-state index contributed by atoms with van der Waals surface area (Å²) in [6.45, 7) is 7.19. The number of aromatic amines is 1. The van der Waals surface area contributed by atoms with E-state index in [1.54, 1.807) is 6.20 Å². The van der Waals surface area contributed by atoms with Gasteiger partial charge in [-0.15, -0.1) is 0 Å². The molecular formula is C28H31N3O6. The van der Waals surface area contributed by atoms with E-state index in [9.17, 15) is 9.90 Å². The molecule has 9 heteroatoms. The highest BCUT2D eigenvalue weighted by Gasteiger charge is 3.04. The third-order valence-corrected chi connectivity index (χ3v) is 11.4. The van der Waals surface area contributed by atoms with Gasteiger partial charge in [-0.2, -0.15) is 5.10 Å². The number of fused-ring (bicyclic) bond motifs is 5. The Morgan fingerprint density at radius 3 is 2.92 bits per heavy atom. The van der Waals surface area contributed by atoms with Gasteiger partial charge in [0.05, 0.1) is 17.8 Å². The van der Waals surface area contributed by atoms with Gasteiger partial charge in [0.2, 0.25) is 0 Å². The molecule has 9 rings (SSSR count). The van der Waals surface area contributed by atoms with Gasteiger partial charge in [0, 0.05) is 28.6 Å². The van der Waals surface area contributed by atoms with Gasteiger partial charge in [-0.1, -0.05) is 20.8 Å². The summed E-state index contributed by atoms with van der Waals surface area (Å²) in [7, 11) is 0. The molecule has 4 aliphatic heterocycles. The van der Waals surface area contributed by atoms with Gasteiger partial charge in [0.25, 0.3) is 0 Å². The van der Waals surface area contributed by atoms with E-state index in [1.165, 1.54) is 0 Å². The number of cyclic esters (lactones) is 1. The Balaban J connectivity index is 1.15. The van der Waals surface area contributed by atoms with E-state index in [0.29, 0.717) is 13.0 Å². The number of nitrogens with zero attached hydrogens (tertiary/aromatic N) is 1. The second kappa shape index (κ2) is 6.06. The number of hydrogen-bond donors (Lipinski definition) is 3. The molecule has 1 aromatic heterocycles. The molecule has 2 spiro atoms. The largest absolute Gasteiger partial charge is 0.458 e. The molecule has 5 fully saturated rings. The first-order valence-electron chi connectivity index (χ1n) is 13.6. The van der Waals surface area contributed by atoms with Crippen molar-refractivity contribution in [3.05, 3.63) is 35.5 Å². The number of aromatic nitrogens is 2. The number of hydrogen-bond acceptors (Lipinski definition) is 8. The third-order valence-electron chi connectivity index (χ3n) is 11.4. The van der Waals surface area contributed by atoms with Gasteiger partial charge in [-0.25, -0.2) is 4.79 Å². The van der Waals surface area contributed by atoms with E-state index in [2.05, 4.69) is 36.3 Å². The molecule has 5 heterocycles. The number of epoxide rings is 3. The van der Waals surface area contributed by atoms with Gasteiger partial charge >= 0.3 is 5.97 Å². The maximum Gasteiger partial charge on any atom is 0.334 e. The molecule has 9 nitrogen and oxygen atoms in total. The molecule has 0 amide bonds. The standard InChI is InChI=1S/C28H31N3O6/c1-13(2)26-21(36-26)22-28(37-22)24(3)7-6-16-17(11-34-23(16)32)18(24)9-20-27(28,35-20)25(26,33)12-29-15-4-5-19-14(8-15)10-30-31-19/h4-5,8,10,13,18,20-22,29,33H,6-7,9,11-12H2,1-3H3,(H,30,31)/t18-,20-,21-,22-,24-,25-,26-,27+,28+/m0/s1. The molecule has 1 aromatic carbocycles. The number of ether oxygens (including phenoxy) is 4. The highest BCUT2D eigenvalue weighted by atomic mass is 16.7. The topological polar surface area (TPSA) is 125 Å². The maximum absolute atomic E-state index is 13.0. The Labute approximate surface area is 213 Å². The van der Waals surface area contributed by atoms with Gasteiger partial charge in [-0.3, -0.25) is 5.10 Å². The third kappa shape index (κ3) is 2.02. The summed E-state index contributed by atoms with van der Waals surface area (Å²) in [6.07, 6.45) is 3.58. The number of rotatable bonds is 4. The average Bonchev–Trinajstić information content (AvgIpc) is 3.80. The molecule has 2 aromatic rings. The van der Waals surface area contributed by atoms with Crippen molar-refractivity contribution in [3.63, 3.8) is 0 Å². The van der Waals surface area contributed by atoms with Crippen LogP contribution in [0, 0.1) is 17.3 Å². The van der Waals surface area contributed by atoms with E-state index in [-0.39, 0.29) is 48.1 Å². The summed E-state index contributed by atoms with van der Waals surface area (Å²) in [5.74, 6) is 0.0492. The smallest absolute Gasteiger partial charge is 0.334 e. The fourth-order valence-electron chi connectivity index (χ4n) is 9.63. The second-order valence-corrected chi connectivity index (χ2v) is 12.8. The zero-order chi connectivity index (χ0) is 25.2. The molecule has 0 radical (unpaired) electrons. The summed E-state index contributed by atoms with van der Waals surface area (Å²) in [5.41, 5.74) is 0.0224. The quantitative estimate of drug-likeness (QED) is 0.428. The zero-order valence-corrected chi connectivity index (χ0v) is 21.2. The van der Waals surface area contributed by atoms with Crippen LogP contribution >= 0.6 is 0 Å². The van der Waals surface area contributed by atoms with Crippen molar-refractivity contribution in [2.45, 2.75) is 80.7 Å². The molecule has 3 saturated heterocycles. The van der Waals surface area contributed by atoms with Crippen LogP contribution < -0.4 is 5.32 Å². The molecule has 3 N–H and O–H groups in total. The number of esters is 1. The van der Waals surface area contributed by atoms with Gasteiger partial charge in [0.15, 0.2) is 5.60 Å². The molecule has 7 aliphatic rings. The van der Waals surface area contributed by atoms with Crippen molar-refractivity contribution in [1.82, 2.24) is 10.2 Å². The highest BCUT2D eigenvalue weighted by Crippen LogP contribution is 2.85. The van der Waals surface area contributed by atoms with E-state index >= 15 is 0 Å². The lowest BCUT2D eigenvalue weighted by atomic mass is 9.44. The van der Waals surface area contributed by atoms with Crippen LogP contribution in [0.15, 0.2) is 35.5 Å². The molecule has 0 unspecified atom stereocenters. The summed E-state index contributed by atoms with van der Waals surface area (Å²) in [6, 6.07) is 6.03. The van der Waals surface area contributed by atoms with Gasteiger partial charge in [0.1, 0.15) is 35.6 Å². The van der Waals surface area contributed by atoms with Crippen LogP contribution in [0.25, 0.3) is 10.9 Å². The van der Waals surface area contributed by atoms with Crippen molar-refractivity contribution in [3.8, 4) is 0 Å². The SMILES string of the molecule is CC(C)[C@]12O[C@H]1[C@@H]1O[C@]13[C@]1(O[C@H]1C[C@H]1C4=C(CC[C@@]13C)C(=O)OC4)[C@]2(O)CNc1ccc2[nH]ncc2c1. The van der Waals surface area contributed by atoms with Gasteiger partial charge < -0.3 is 29.4 Å². The Hall–Kier alpha value is -2.46. The lowest BCUT2D eigenvalue weighted by Gasteiger charge is -2.56. The monoisotopic (exact) mass is 505 g/mol. The van der Waals surface area contributed by atoms with Crippen LogP contribution in [0.2, 0.25) is 0 Å². The predicted octanol–water partition coefficient (Wildman–Crippen LogP) is 2.46. The summed E-state index contributed by atoms with van der Waals surface area (Å²) >= 11 is 0. The van der Waals surface area contributed by atoms with E-state index in [4.69, 9.17) is 18.9 Å². The van der Waals surface area contributed by atoms with Crippen LogP contribution in [0.4, 0.5) is 5.69 Å². The van der Waals surface area contributed by atoms with Crippen LogP contribution in [-0.2, 0) is 23.7 Å². The number of H-pyrrole nitrogens is 1. The fourth-order valence-corrected chi connectivity index (χ4v) is 9.63. The summed E-state index contributed by atoms with van der Waals surface area (Å²) in [5, 5.41) is 24.6. The fraction of sp³-hybridized carbons (Fsp3) is 0.643. The molecule has 0 bridgehead atoms. The van der Waals surface area contributed by atoms with Crippen LogP contribution in [0.3, 0.4) is 0 Å². The first kappa shape index (κ1) is 21.5. The lowest BCUT2D eigenvalue weighted by molar-refractivity contribution is -0.159. The molecule has 2 saturated carbocycles. The number of nitrogens with one attached hydrogen (secondary N) is 2. The lowest BCUT2D eigenvalue weighted by Crippen LogP contribution is -2.77. The van der Waals surface area contributed by atoms with Crippen molar-refractivity contribution in [1.29, 1.82) is 0 Å². The van der Waals surface area contributed by atoms with Crippen molar-refractivity contribution < 1.29 is 28.8 Å². The molecule has 9 atom stereocenters. The number of carbonyl (C=O) groups is 1. The average molecular weight is 506 g/mol. The second-order valence-electron chi connectivity index (χ2n) is 12.8. The number of anilines is 1. The minimum Gasteiger partial charge on any atom is -0.458 e. The highest BCUT2D eigenvalue weighted by molar-refractivity contribution is 5.92. The molecular weight excluding hydrogens is 474 g/mol. The first-order valence-corrected chi connectivity index (χ1v) is 13.6. The maximum atomic E-state index is 13.0. The normalized spacial score (nSPS) is 49.9. The predicted molar refractivity (Wildman–Crippen MR) is 131 cm³/mol. The van der Waals surface area contributed by atoms with Crippen molar-refractivity contribution >= 4 is 22.6 Å². The molecule has 194 valence electrons. The van der Waals surface area contributed by atoms with Crippen molar-refractivity contribution in [2.75, 3.05) is 18.5 Å². The molecule has 3 aliphatic carbocycles. The summed E-state index contributed by atoms with van der Waals surface area (Å²) < 4.78 is 25.5. The Bertz CT molecular complexity index is 1450. The van der Waals surface area contributed by atoms with Crippen LogP contribution in [0.5, 0.6) is 0 Å². The Morgan fingerprint density at radius 1 is 1.22 bits per heavy atom.